The highest BCUT2D eigenvalue weighted by molar-refractivity contribution is 5.95. The van der Waals surface area contributed by atoms with Gasteiger partial charge in [-0.05, 0) is 37.1 Å². The number of para-hydroxylation sites is 1. The van der Waals surface area contributed by atoms with Gasteiger partial charge < -0.3 is 14.5 Å². The number of carbonyl (C=O) groups is 1. The monoisotopic (exact) mass is 308 g/mol. The van der Waals surface area contributed by atoms with Crippen LogP contribution in [0.2, 0.25) is 0 Å². The lowest BCUT2D eigenvalue weighted by Gasteiger charge is -2.03. The van der Waals surface area contributed by atoms with Gasteiger partial charge in [-0.3, -0.25) is 4.79 Å². The van der Waals surface area contributed by atoms with Gasteiger partial charge in [-0.1, -0.05) is 12.1 Å². The Labute approximate surface area is 133 Å². The number of oxazole rings is 1. The largest absolute Gasteiger partial charge is 0.496 e. The highest BCUT2D eigenvalue weighted by Crippen LogP contribution is 2.33. The number of hydrogen-bond donors (Lipinski definition) is 1. The average Bonchev–Trinajstić information content (AvgIpc) is 3.34. The number of aromatic nitrogens is 1. The maximum absolute atomic E-state index is 11.8. The van der Waals surface area contributed by atoms with Crippen LogP contribution in [0, 0.1) is 5.92 Å². The van der Waals surface area contributed by atoms with Crippen LogP contribution < -0.4 is 10.1 Å². The van der Waals surface area contributed by atoms with E-state index in [1.54, 1.807) is 7.11 Å². The number of methoxy groups -OCH3 is 1. The van der Waals surface area contributed by atoms with Gasteiger partial charge in [0.2, 0.25) is 11.8 Å². The second-order valence-corrected chi connectivity index (χ2v) is 5.67. The Morgan fingerprint density at radius 2 is 2.09 bits per heavy atom. The predicted molar refractivity (Wildman–Crippen MR) is 87.4 cm³/mol. The Morgan fingerprint density at radius 1 is 1.26 bits per heavy atom. The van der Waals surface area contributed by atoms with Crippen molar-refractivity contribution in [1.82, 2.24) is 4.98 Å². The molecule has 23 heavy (non-hydrogen) atoms. The summed E-state index contributed by atoms with van der Waals surface area (Å²) in [5.74, 6) is 1.46. The molecule has 0 aliphatic heterocycles. The van der Waals surface area contributed by atoms with Gasteiger partial charge >= 0.3 is 0 Å². The lowest BCUT2D eigenvalue weighted by Crippen LogP contribution is -2.12. The van der Waals surface area contributed by atoms with Crippen molar-refractivity contribution < 1.29 is 13.9 Å². The van der Waals surface area contributed by atoms with E-state index in [0.717, 1.165) is 29.6 Å². The van der Waals surface area contributed by atoms with E-state index in [1.807, 2.05) is 42.5 Å². The molecule has 116 valence electrons. The van der Waals surface area contributed by atoms with Gasteiger partial charge in [0.15, 0.2) is 5.58 Å². The van der Waals surface area contributed by atoms with Crippen molar-refractivity contribution in [2.75, 3.05) is 12.4 Å². The van der Waals surface area contributed by atoms with Crippen LogP contribution in [0.1, 0.15) is 12.8 Å². The Morgan fingerprint density at radius 3 is 2.87 bits per heavy atom. The number of carbonyl (C=O) groups excluding carboxylic acids is 1. The third-order valence-corrected chi connectivity index (χ3v) is 3.94. The Bertz CT molecular complexity index is 881. The normalized spacial score (nSPS) is 14.0. The standard InChI is InChI=1S/C18H16N2O3/c1-22-15-5-3-2-4-13(15)18-20-14-9-8-12(10-16(14)23-18)19-17(21)11-6-7-11/h2-5,8-11H,6-7H2,1H3,(H,19,21). The number of hydrogen-bond acceptors (Lipinski definition) is 4. The molecule has 0 spiro atoms. The Hall–Kier alpha value is -2.82. The summed E-state index contributed by atoms with van der Waals surface area (Å²) in [6, 6.07) is 13.1. The smallest absolute Gasteiger partial charge is 0.231 e. The van der Waals surface area contributed by atoms with E-state index in [9.17, 15) is 4.79 Å². The van der Waals surface area contributed by atoms with E-state index < -0.39 is 0 Å². The fourth-order valence-corrected chi connectivity index (χ4v) is 2.53. The van der Waals surface area contributed by atoms with Gasteiger partial charge in [0.1, 0.15) is 11.3 Å². The third-order valence-electron chi connectivity index (χ3n) is 3.94. The van der Waals surface area contributed by atoms with Crippen molar-refractivity contribution in [2.45, 2.75) is 12.8 Å². The van der Waals surface area contributed by atoms with Crippen molar-refractivity contribution in [3.05, 3.63) is 42.5 Å². The van der Waals surface area contributed by atoms with E-state index >= 15 is 0 Å². The van der Waals surface area contributed by atoms with Crippen LogP contribution in [0.5, 0.6) is 5.75 Å². The van der Waals surface area contributed by atoms with Gasteiger partial charge in [0.05, 0.1) is 12.7 Å². The molecule has 1 aromatic heterocycles. The summed E-state index contributed by atoms with van der Waals surface area (Å²) in [5.41, 5.74) is 2.92. The zero-order valence-corrected chi connectivity index (χ0v) is 12.7. The first-order valence-electron chi connectivity index (χ1n) is 7.59. The van der Waals surface area contributed by atoms with Crippen molar-refractivity contribution >= 4 is 22.7 Å². The molecule has 0 radical (unpaired) electrons. The van der Waals surface area contributed by atoms with Gasteiger partial charge in [-0.15, -0.1) is 0 Å². The van der Waals surface area contributed by atoms with Gasteiger partial charge in [0.25, 0.3) is 0 Å². The molecule has 0 atom stereocenters. The summed E-state index contributed by atoms with van der Waals surface area (Å²) in [5, 5.41) is 2.92. The minimum atomic E-state index is 0.0776. The molecule has 4 rings (SSSR count). The minimum Gasteiger partial charge on any atom is -0.496 e. The van der Waals surface area contributed by atoms with Crippen molar-refractivity contribution in [1.29, 1.82) is 0 Å². The SMILES string of the molecule is COc1ccccc1-c1nc2ccc(NC(=O)C3CC3)cc2o1. The summed E-state index contributed by atoms with van der Waals surface area (Å²) < 4.78 is 11.2. The van der Waals surface area contributed by atoms with E-state index in [0.29, 0.717) is 17.2 Å². The number of benzene rings is 2. The summed E-state index contributed by atoms with van der Waals surface area (Å²) in [4.78, 5) is 16.3. The summed E-state index contributed by atoms with van der Waals surface area (Å²) in [7, 11) is 1.62. The van der Waals surface area contributed by atoms with Crippen molar-refractivity contribution in [2.24, 2.45) is 5.92 Å². The van der Waals surface area contributed by atoms with Gasteiger partial charge in [-0.25, -0.2) is 4.98 Å². The van der Waals surface area contributed by atoms with Crippen LogP contribution in [-0.4, -0.2) is 18.0 Å². The summed E-state index contributed by atoms with van der Waals surface area (Å²) in [6.07, 6.45) is 1.96. The fraction of sp³-hybridized carbons (Fsp3) is 0.222. The number of nitrogens with one attached hydrogen (secondary N) is 1. The average molecular weight is 308 g/mol. The molecule has 1 heterocycles. The number of anilines is 1. The Kier molecular flexibility index (Phi) is 3.26. The zero-order valence-electron chi connectivity index (χ0n) is 12.7. The molecule has 0 bridgehead atoms. The van der Waals surface area contributed by atoms with E-state index in [4.69, 9.17) is 9.15 Å². The molecule has 1 saturated carbocycles. The fourth-order valence-electron chi connectivity index (χ4n) is 2.53. The molecular formula is C18H16N2O3. The maximum Gasteiger partial charge on any atom is 0.231 e. The lowest BCUT2D eigenvalue weighted by molar-refractivity contribution is -0.117. The topological polar surface area (TPSA) is 64.4 Å². The molecule has 2 aromatic carbocycles. The number of nitrogens with zero attached hydrogens (tertiary/aromatic N) is 1. The molecule has 1 fully saturated rings. The number of fused-ring (bicyclic) bond motifs is 1. The van der Waals surface area contributed by atoms with Crippen molar-refractivity contribution in [3.8, 4) is 17.2 Å². The molecule has 1 N–H and O–H groups in total. The van der Waals surface area contributed by atoms with Crippen LogP contribution in [0.3, 0.4) is 0 Å². The molecule has 0 unspecified atom stereocenters. The highest BCUT2D eigenvalue weighted by Gasteiger charge is 2.29. The number of amides is 1. The van der Waals surface area contributed by atoms with Crippen LogP contribution in [0.15, 0.2) is 46.9 Å². The van der Waals surface area contributed by atoms with Crippen LogP contribution >= 0.6 is 0 Å². The van der Waals surface area contributed by atoms with E-state index in [-0.39, 0.29) is 11.8 Å². The first kappa shape index (κ1) is 13.8. The molecule has 1 aliphatic rings. The minimum absolute atomic E-state index is 0.0776. The molecule has 5 nitrogen and oxygen atoms in total. The van der Waals surface area contributed by atoms with Gasteiger partial charge in [0, 0.05) is 17.7 Å². The van der Waals surface area contributed by atoms with Crippen LogP contribution in [-0.2, 0) is 4.79 Å². The molecule has 1 aliphatic carbocycles. The Balaban J connectivity index is 1.68. The quantitative estimate of drug-likeness (QED) is 0.795. The molecule has 1 amide bonds. The maximum atomic E-state index is 11.8. The van der Waals surface area contributed by atoms with Crippen LogP contribution in [0.4, 0.5) is 5.69 Å². The molecule has 5 heteroatoms. The summed E-state index contributed by atoms with van der Waals surface area (Å²) >= 11 is 0. The number of ether oxygens (including phenoxy) is 1. The second kappa shape index (κ2) is 5.43. The van der Waals surface area contributed by atoms with Crippen molar-refractivity contribution in [3.63, 3.8) is 0 Å². The highest BCUT2D eigenvalue weighted by atomic mass is 16.5. The lowest BCUT2D eigenvalue weighted by atomic mass is 10.2. The zero-order chi connectivity index (χ0) is 15.8. The molecular weight excluding hydrogens is 292 g/mol. The predicted octanol–water partition coefficient (Wildman–Crippen LogP) is 3.85. The molecule has 3 aromatic rings. The van der Waals surface area contributed by atoms with Gasteiger partial charge in [-0.2, -0.15) is 0 Å². The number of rotatable bonds is 4. The first-order valence-corrected chi connectivity index (χ1v) is 7.59. The third kappa shape index (κ3) is 2.65. The summed E-state index contributed by atoms with van der Waals surface area (Å²) in [6.45, 7) is 0. The van der Waals surface area contributed by atoms with Crippen LogP contribution in [0.25, 0.3) is 22.6 Å². The second-order valence-electron chi connectivity index (χ2n) is 5.67. The van der Waals surface area contributed by atoms with E-state index in [1.165, 1.54) is 0 Å². The molecule has 0 saturated heterocycles. The first-order chi connectivity index (χ1) is 11.2. The van der Waals surface area contributed by atoms with E-state index in [2.05, 4.69) is 10.3 Å².